The largest absolute Gasteiger partial charge is 0.483 e. The average Bonchev–Trinajstić information content (AvgIpc) is 3.41. The summed E-state index contributed by atoms with van der Waals surface area (Å²) in [6.07, 6.45) is 4.61. The smallest absolute Gasteiger partial charge is 0.261 e. The zero-order chi connectivity index (χ0) is 26.2. The van der Waals surface area contributed by atoms with Crippen molar-refractivity contribution in [2.45, 2.75) is 64.6 Å². The number of amides is 2. The monoisotopic (exact) mass is 518 g/mol. The first kappa shape index (κ1) is 26.7. The van der Waals surface area contributed by atoms with E-state index in [-0.39, 0.29) is 31.0 Å². The van der Waals surface area contributed by atoms with Crippen LogP contribution in [0.4, 0.5) is 0 Å². The van der Waals surface area contributed by atoms with Crippen LogP contribution in [0.5, 0.6) is 5.75 Å². The molecule has 0 radical (unpaired) electrons. The number of nitrogens with one attached hydrogen (secondary N) is 1. The van der Waals surface area contributed by atoms with Gasteiger partial charge in [0.25, 0.3) is 5.91 Å². The van der Waals surface area contributed by atoms with Gasteiger partial charge in [0.15, 0.2) is 6.61 Å². The van der Waals surface area contributed by atoms with Crippen LogP contribution < -0.4 is 10.1 Å². The van der Waals surface area contributed by atoms with Gasteiger partial charge in [-0.1, -0.05) is 79.0 Å². The third-order valence-electron chi connectivity index (χ3n) is 7.14. The number of carbonyl (C=O) groups is 2. The molecule has 0 heterocycles. The molecule has 2 amide bonds. The summed E-state index contributed by atoms with van der Waals surface area (Å²) in [5, 5.41) is 3.85. The molecule has 0 unspecified atom stereocenters. The minimum Gasteiger partial charge on any atom is -0.483 e. The third kappa shape index (κ3) is 7.36. The van der Waals surface area contributed by atoms with Gasteiger partial charge < -0.3 is 15.0 Å². The van der Waals surface area contributed by atoms with E-state index >= 15 is 0 Å². The van der Waals surface area contributed by atoms with E-state index in [1.807, 2.05) is 74.5 Å². The molecule has 3 aromatic rings. The Hall–Kier alpha value is -3.31. The highest BCUT2D eigenvalue weighted by Gasteiger charge is 2.32. The van der Waals surface area contributed by atoms with Gasteiger partial charge >= 0.3 is 0 Å². The van der Waals surface area contributed by atoms with Gasteiger partial charge in [0.05, 0.1) is 0 Å². The van der Waals surface area contributed by atoms with Crippen molar-refractivity contribution >= 4 is 23.4 Å². The first-order valence-electron chi connectivity index (χ1n) is 13.0. The molecule has 1 N–H and O–H groups in total. The predicted molar refractivity (Wildman–Crippen MR) is 148 cm³/mol. The van der Waals surface area contributed by atoms with Crippen LogP contribution in [-0.2, 0) is 22.6 Å². The lowest BCUT2D eigenvalue weighted by Gasteiger charge is -2.32. The fraction of sp³-hybridized carbons (Fsp3) is 0.355. The first-order valence-corrected chi connectivity index (χ1v) is 13.4. The van der Waals surface area contributed by atoms with Crippen molar-refractivity contribution in [3.8, 4) is 5.75 Å². The van der Waals surface area contributed by atoms with E-state index in [1.54, 1.807) is 17.0 Å². The number of benzene rings is 3. The molecule has 37 heavy (non-hydrogen) atoms. The van der Waals surface area contributed by atoms with E-state index in [9.17, 15) is 9.59 Å². The molecular formula is C31H35ClN2O3. The molecule has 194 valence electrons. The maximum atomic E-state index is 13.8. The molecule has 1 saturated carbocycles. The van der Waals surface area contributed by atoms with Crippen LogP contribution in [0.2, 0.25) is 5.02 Å². The zero-order valence-corrected chi connectivity index (χ0v) is 22.3. The summed E-state index contributed by atoms with van der Waals surface area (Å²) in [6, 6.07) is 22.5. The predicted octanol–water partition coefficient (Wildman–Crippen LogP) is 6.03. The molecule has 3 aromatic carbocycles. The van der Waals surface area contributed by atoms with E-state index in [1.165, 1.54) is 0 Å². The molecule has 5 nitrogen and oxygen atoms in total. The van der Waals surface area contributed by atoms with Crippen molar-refractivity contribution < 1.29 is 14.3 Å². The lowest BCUT2D eigenvalue weighted by atomic mass is 10.0. The Bertz CT molecular complexity index is 1190. The van der Waals surface area contributed by atoms with Crippen LogP contribution in [0.1, 0.15) is 47.9 Å². The number of hydrogen-bond donors (Lipinski definition) is 1. The molecule has 1 aliphatic rings. The molecule has 1 fully saturated rings. The number of rotatable bonds is 10. The molecule has 0 aromatic heterocycles. The Morgan fingerprint density at radius 2 is 1.65 bits per heavy atom. The summed E-state index contributed by atoms with van der Waals surface area (Å²) in [7, 11) is 0. The van der Waals surface area contributed by atoms with Gasteiger partial charge in [-0.05, 0) is 67.1 Å². The van der Waals surface area contributed by atoms with Crippen molar-refractivity contribution in [1.29, 1.82) is 0 Å². The molecule has 1 aliphatic carbocycles. The molecule has 4 rings (SSSR count). The third-order valence-corrected chi connectivity index (χ3v) is 7.40. The molecule has 6 heteroatoms. The van der Waals surface area contributed by atoms with Gasteiger partial charge in [0.2, 0.25) is 5.91 Å². The molecular weight excluding hydrogens is 484 g/mol. The van der Waals surface area contributed by atoms with Crippen LogP contribution in [0.25, 0.3) is 0 Å². The Morgan fingerprint density at radius 1 is 0.946 bits per heavy atom. The Balaban J connectivity index is 1.62. The lowest BCUT2D eigenvalue weighted by Crippen LogP contribution is -2.53. The van der Waals surface area contributed by atoms with E-state index in [4.69, 9.17) is 16.3 Å². The van der Waals surface area contributed by atoms with Gasteiger partial charge in [0.1, 0.15) is 11.8 Å². The van der Waals surface area contributed by atoms with Crippen molar-refractivity contribution in [1.82, 2.24) is 10.2 Å². The van der Waals surface area contributed by atoms with Gasteiger partial charge in [-0.25, -0.2) is 0 Å². The molecule has 1 atom stereocenters. The second-order valence-corrected chi connectivity index (χ2v) is 10.3. The number of nitrogens with zero attached hydrogens (tertiary/aromatic N) is 1. The number of aryl methyl sites for hydroxylation is 1. The molecule has 0 spiro atoms. The summed E-state index contributed by atoms with van der Waals surface area (Å²) >= 11 is 6.11. The average molecular weight is 519 g/mol. The van der Waals surface area contributed by atoms with Crippen molar-refractivity contribution in [2.75, 3.05) is 6.61 Å². The Labute approximate surface area is 224 Å². The van der Waals surface area contributed by atoms with E-state index in [0.717, 1.165) is 47.9 Å². The maximum absolute atomic E-state index is 13.8. The Kier molecular flexibility index (Phi) is 9.24. The summed E-state index contributed by atoms with van der Waals surface area (Å²) in [5.74, 6) is 0.318. The lowest BCUT2D eigenvalue weighted by molar-refractivity contribution is -0.143. The van der Waals surface area contributed by atoms with Gasteiger partial charge in [-0.2, -0.15) is 0 Å². The summed E-state index contributed by atoms with van der Waals surface area (Å²) in [4.78, 5) is 29.1. The number of ether oxygens (including phenoxy) is 1. The Morgan fingerprint density at radius 3 is 2.35 bits per heavy atom. The van der Waals surface area contributed by atoms with Gasteiger partial charge in [-0.15, -0.1) is 0 Å². The highest BCUT2D eigenvalue weighted by molar-refractivity contribution is 6.30. The van der Waals surface area contributed by atoms with Gasteiger partial charge in [-0.3, -0.25) is 9.59 Å². The number of hydrogen-bond acceptors (Lipinski definition) is 3. The van der Waals surface area contributed by atoms with Crippen LogP contribution in [0.15, 0.2) is 72.8 Å². The van der Waals surface area contributed by atoms with Crippen molar-refractivity contribution in [3.05, 3.63) is 100 Å². The number of carbonyl (C=O) groups excluding carboxylic acids is 2. The fourth-order valence-electron chi connectivity index (χ4n) is 4.81. The summed E-state index contributed by atoms with van der Waals surface area (Å²) in [6.45, 7) is 4.12. The number of halogens is 1. The fourth-order valence-corrected chi connectivity index (χ4v) is 4.94. The minimum absolute atomic E-state index is 0.121. The maximum Gasteiger partial charge on any atom is 0.261 e. The van der Waals surface area contributed by atoms with Crippen LogP contribution in [0, 0.1) is 13.8 Å². The topological polar surface area (TPSA) is 58.6 Å². The molecule has 0 bridgehead atoms. The van der Waals surface area contributed by atoms with E-state index in [2.05, 4.69) is 5.32 Å². The minimum atomic E-state index is -0.673. The first-order chi connectivity index (χ1) is 17.9. The van der Waals surface area contributed by atoms with Crippen molar-refractivity contribution in [2.24, 2.45) is 0 Å². The van der Waals surface area contributed by atoms with E-state index < -0.39 is 6.04 Å². The quantitative estimate of drug-likeness (QED) is 0.356. The van der Waals surface area contributed by atoms with Crippen LogP contribution >= 0.6 is 11.6 Å². The highest BCUT2D eigenvalue weighted by atomic mass is 35.5. The molecule has 0 saturated heterocycles. The summed E-state index contributed by atoms with van der Waals surface area (Å²) in [5.41, 5.74) is 4.00. The SMILES string of the molecule is Cc1cccc(OCC(=O)N(Cc2ccc(Cl)cc2)[C@@H](Cc2ccccc2)C(=O)NC2CCCC2)c1C. The second-order valence-electron chi connectivity index (χ2n) is 9.83. The highest BCUT2D eigenvalue weighted by Crippen LogP contribution is 2.23. The normalized spacial score (nSPS) is 14.2. The van der Waals surface area contributed by atoms with Gasteiger partial charge in [0, 0.05) is 24.0 Å². The van der Waals surface area contributed by atoms with E-state index in [0.29, 0.717) is 17.2 Å². The molecule has 0 aliphatic heterocycles. The standard InChI is InChI=1S/C31H35ClN2O3/c1-22-9-8-14-29(23(22)2)37-21-30(35)34(20-25-15-17-26(32)18-16-25)28(19-24-10-4-3-5-11-24)31(36)33-27-12-6-7-13-27/h3-5,8-11,14-18,27-28H,6-7,12-13,19-21H2,1-2H3,(H,33,36)/t28-/m0/s1. The summed E-state index contributed by atoms with van der Waals surface area (Å²) < 4.78 is 5.99. The van der Waals surface area contributed by atoms with Crippen LogP contribution in [-0.4, -0.2) is 35.4 Å². The zero-order valence-electron chi connectivity index (χ0n) is 21.6. The van der Waals surface area contributed by atoms with Crippen molar-refractivity contribution in [3.63, 3.8) is 0 Å². The van der Waals surface area contributed by atoms with Crippen LogP contribution in [0.3, 0.4) is 0 Å². The second kappa shape index (κ2) is 12.8.